The van der Waals surface area contributed by atoms with Crippen LogP contribution >= 0.6 is 31.9 Å². The Hall–Kier alpha value is -1.01. The van der Waals surface area contributed by atoms with Crippen LogP contribution in [-0.2, 0) is 0 Å². The Balaban J connectivity index is 2.36. The van der Waals surface area contributed by atoms with Crippen molar-refractivity contribution in [3.05, 3.63) is 51.2 Å². The van der Waals surface area contributed by atoms with Crippen molar-refractivity contribution in [1.29, 1.82) is 0 Å². The van der Waals surface area contributed by atoms with Crippen LogP contribution < -0.4 is 4.74 Å². The Bertz CT molecular complexity index is 563. The SMILES string of the molecule is Fc1cc(Br)cc(Oc2cncc(Br)c2)c1F. The summed E-state index contributed by atoms with van der Waals surface area (Å²) in [6.07, 6.45) is 2.97. The molecule has 88 valence electrons. The summed E-state index contributed by atoms with van der Waals surface area (Å²) in [6.45, 7) is 0. The van der Waals surface area contributed by atoms with E-state index in [-0.39, 0.29) is 5.75 Å². The smallest absolute Gasteiger partial charge is 0.201 e. The second kappa shape index (κ2) is 5.10. The van der Waals surface area contributed by atoms with Gasteiger partial charge in [-0.1, -0.05) is 15.9 Å². The first-order chi connectivity index (χ1) is 8.06. The molecule has 0 aliphatic carbocycles. The van der Waals surface area contributed by atoms with E-state index in [0.717, 1.165) is 6.07 Å². The maximum atomic E-state index is 13.4. The molecule has 0 bridgehead atoms. The molecule has 0 radical (unpaired) electrons. The average molecular weight is 365 g/mol. The maximum absolute atomic E-state index is 13.4. The van der Waals surface area contributed by atoms with Crippen molar-refractivity contribution in [2.75, 3.05) is 0 Å². The van der Waals surface area contributed by atoms with Gasteiger partial charge in [0.25, 0.3) is 0 Å². The topological polar surface area (TPSA) is 22.1 Å². The predicted molar refractivity (Wildman–Crippen MR) is 66.1 cm³/mol. The molecule has 17 heavy (non-hydrogen) atoms. The lowest BCUT2D eigenvalue weighted by atomic mass is 10.3. The third kappa shape index (κ3) is 3.01. The number of benzene rings is 1. The highest BCUT2D eigenvalue weighted by Gasteiger charge is 2.12. The second-order valence-electron chi connectivity index (χ2n) is 3.14. The van der Waals surface area contributed by atoms with Crippen molar-refractivity contribution in [2.45, 2.75) is 0 Å². The highest BCUT2D eigenvalue weighted by Crippen LogP contribution is 2.30. The summed E-state index contributed by atoms with van der Waals surface area (Å²) in [4.78, 5) is 3.86. The summed E-state index contributed by atoms with van der Waals surface area (Å²) in [5.74, 6) is -1.89. The summed E-state index contributed by atoms with van der Waals surface area (Å²) in [5.41, 5.74) is 0. The molecule has 0 unspecified atom stereocenters. The summed E-state index contributed by atoms with van der Waals surface area (Å²) < 4.78 is 32.8. The number of nitrogens with zero attached hydrogens (tertiary/aromatic N) is 1. The van der Waals surface area contributed by atoms with Crippen molar-refractivity contribution in [2.24, 2.45) is 0 Å². The minimum Gasteiger partial charge on any atom is -0.452 e. The lowest BCUT2D eigenvalue weighted by Gasteiger charge is -2.07. The largest absolute Gasteiger partial charge is 0.452 e. The third-order valence-corrected chi connectivity index (χ3v) is 2.76. The molecule has 0 aliphatic heterocycles. The molecule has 0 saturated carbocycles. The first kappa shape index (κ1) is 12.4. The number of pyridine rings is 1. The summed E-state index contributed by atoms with van der Waals surface area (Å²) in [6, 6.07) is 3.98. The van der Waals surface area contributed by atoms with Gasteiger partial charge in [0.05, 0.1) is 6.20 Å². The first-order valence-electron chi connectivity index (χ1n) is 4.49. The quantitative estimate of drug-likeness (QED) is 0.722. The lowest BCUT2D eigenvalue weighted by molar-refractivity contribution is 0.414. The fourth-order valence-corrected chi connectivity index (χ4v) is 1.93. The summed E-state index contributed by atoms with van der Waals surface area (Å²) in [7, 11) is 0. The van der Waals surface area contributed by atoms with Crippen LogP contribution in [-0.4, -0.2) is 4.98 Å². The summed E-state index contributed by atoms with van der Waals surface area (Å²) >= 11 is 6.27. The van der Waals surface area contributed by atoms with Gasteiger partial charge < -0.3 is 4.74 Å². The number of halogens is 4. The monoisotopic (exact) mass is 363 g/mol. The standard InChI is InChI=1S/C11H5Br2F2NO/c12-6-2-9(14)11(15)10(3-6)17-8-1-7(13)4-16-5-8/h1-5H. The van der Waals surface area contributed by atoms with Gasteiger partial charge in [-0.25, -0.2) is 4.39 Å². The van der Waals surface area contributed by atoms with Crippen LogP contribution in [0.5, 0.6) is 11.5 Å². The highest BCUT2D eigenvalue weighted by molar-refractivity contribution is 9.10. The number of hydrogen-bond donors (Lipinski definition) is 0. The van der Waals surface area contributed by atoms with Crippen LogP contribution in [0.4, 0.5) is 8.78 Å². The molecule has 2 aromatic rings. The van der Waals surface area contributed by atoms with E-state index in [1.807, 2.05) is 0 Å². The highest BCUT2D eigenvalue weighted by atomic mass is 79.9. The van der Waals surface area contributed by atoms with Gasteiger partial charge in [0.1, 0.15) is 5.75 Å². The average Bonchev–Trinajstić information content (AvgIpc) is 2.25. The van der Waals surface area contributed by atoms with Crippen LogP contribution in [0.15, 0.2) is 39.5 Å². The molecule has 2 nitrogen and oxygen atoms in total. The van der Waals surface area contributed by atoms with Crippen LogP contribution in [0.1, 0.15) is 0 Å². The third-order valence-electron chi connectivity index (χ3n) is 1.87. The Morgan fingerprint density at radius 1 is 1.00 bits per heavy atom. The minimum atomic E-state index is -1.03. The van der Waals surface area contributed by atoms with E-state index in [4.69, 9.17) is 4.74 Å². The number of aromatic nitrogens is 1. The molecule has 1 heterocycles. The molecular formula is C11H5Br2F2NO. The summed E-state index contributed by atoms with van der Waals surface area (Å²) in [5, 5.41) is 0. The van der Waals surface area contributed by atoms with Gasteiger partial charge in [0, 0.05) is 15.1 Å². The number of rotatable bonds is 2. The predicted octanol–water partition coefficient (Wildman–Crippen LogP) is 4.68. The van der Waals surface area contributed by atoms with Crippen molar-refractivity contribution in [3.8, 4) is 11.5 Å². The number of ether oxygens (including phenoxy) is 1. The normalized spacial score (nSPS) is 10.4. The van der Waals surface area contributed by atoms with Crippen LogP contribution in [0.2, 0.25) is 0 Å². The molecule has 0 fully saturated rings. The van der Waals surface area contributed by atoms with Gasteiger partial charge in [-0.15, -0.1) is 0 Å². The molecule has 1 aromatic heterocycles. The Labute approximate surface area is 113 Å². The molecule has 0 atom stereocenters. The zero-order chi connectivity index (χ0) is 12.4. The van der Waals surface area contributed by atoms with Crippen molar-refractivity contribution >= 4 is 31.9 Å². The lowest BCUT2D eigenvalue weighted by Crippen LogP contribution is -1.92. The Kier molecular flexibility index (Phi) is 3.73. The zero-order valence-corrected chi connectivity index (χ0v) is 11.4. The van der Waals surface area contributed by atoms with Gasteiger partial charge in [0.15, 0.2) is 11.6 Å². The Morgan fingerprint density at radius 3 is 2.47 bits per heavy atom. The van der Waals surface area contributed by atoms with Gasteiger partial charge in [-0.05, 0) is 34.1 Å². The molecular weight excluding hydrogens is 360 g/mol. The van der Waals surface area contributed by atoms with E-state index >= 15 is 0 Å². The van der Waals surface area contributed by atoms with Gasteiger partial charge in [-0.2, -0.15) is 4.39 Å². The van der Waals surface area contributed by atoms with E-state index < -0.39 is 11.6 Å². The minimum absolute atomic E-state index is 0.197. The van der Waals surface area contributed by atoms with Crippen LogP contribution in [0.3, 0.4) is 0 Å². The van der Waals surface area contributed by atoms with Crippen LogP contribution in [0, 0.1) is 11.6 Å². The van der Waals surface area contributed by atoms with Crippen molar-refractivity contribution in [1.82, 2.24) is 4.98 Å². The van der Waals surface area contributed by atoms with Crippen molar-refractivity contribution < 1.29 is 13.5 Å². The molecule has 0 N–H and O–H groups in total. The molecule has 0 aliphatic rings. The van der Waals surface area contributed by atoms with Gasteiger partial charge in [-0.3, -0.25) is 4.98 Å². The second-order valence-corrected chi connectivity index (χ2v) is 4.97. The molecule has 1 aromatic carbocycles. The van der Waals surface area contributed by atoms with E-state index in [9.17, 15) is 8.78 Å². The van der Waals surface area contributed by atoms with E-state index in [1.54, 1.807) is 12.3 Å². The molecule has 6 heteroatoms. The fourth-order valence-electron chi connectivity index (χ4n) is 1.18. The number of hydrogen-bond acceptors (Lipinski definition) is 2. The Morgan fingerprint density at radius 2 is 1.76 bits per heavy atom. The molecule has 2 rings (SSSR count). The maximum Gasteiger partial charge on any atom is 0.201 e. The molecule has 0 saturated heterocycles. The fraction of sp³-hybridized carbons (Fsp3) is 0. The van der Waals surface area contributed by atoms with E-state index in [2.05, 4.69) is 36.8 Å². The molecule has 0 amide bonds. The van der Waals surface area contributed by atoms with E-state index in [1.165, 1.54) is 12.3 Å². The van der Waals surface area contributed by atoms with Crippen LogP contribution in [0.25, 0.3) is 0 Å². The zero-order valence-electron chi connectivity index (χ0n) is 8.25. The van der Waals surface area contributed by atoms with E-state index in [0.29, 0.717) is 14.7 Å². The molecule has 0 spiro atoms. The van der Waals surface area contributed by atoms with Gasteiger partial charge >= 0.3 is 0 Å². The first-order valence-corrected chi connectivity index (χ1v) is 6.08. The van der Waals surface area contributed by atoms with Crippen molar-refractivity contribution in [3.63, 3.8) is 0 Å². The van der Waals surface area contributed by atoms with Gasteiger partial charge in [0.2, 0.25) is 5.82 Å².